The molecule has 4 aromatic rings. The van der Waals surface area contributed by atoms with Crippen LogP contribution in [-0.4, -0.2) is 24.9 Å². The Hall–Kier alpha value is -3.69. The van der Waals surface area contributed by atoms with E-state index in [1.165, 1.54) is 23.1 Å². The van der Waals surface area contributed by atoms with Crippen LogP contribution in [0.1, 0.15) is 5.56 Å². The molecule has 0 amide bonds. The molecule has 0 bridgehead atoms. The number of H-pyrrole nitrogens is 1. The van der Waals surface area contributed by atoms with E-state index in [2.05, 4.69) is 20.2 Å². The van der Waals surface area contributed by atoms with E-state index in [1.54, 1.807) is 6.07 Å². The first-order chi connectivity index (χ1) is 13.0. The number of benzene rings is 1. The van der Waals surface area contributed by atoms with Crippen LogP contribution < -0.4 is 5.56 Å². The van der Waals surface area contributed by atoms with Crippen molar-refractivity contribution in [3.63, 3.8) is 0 Å². The first kappa shape index (κ1) is 16.8. The van der Waals surface area contributed by atoms with Crippen LogP contribution in [0.25, 0.3) is 22.9 Å². The highest BCUT2D eigenvalue weighted by Gasteiger charge is 2.17. The number of rotatable bonds is 4. The SMILES string of the molecule is O=c1[nH]c(-c2cc(-c3ccon3)n(Cc3ccc(F)cc3F)n2)ncc1F. The first-order valence-corrected chi connectivity index (χ1v) is 7.69. The molecule has 27 heavy (non-hydrogen) atoms. The van der Waals surface area contributed by atoms with Crippen molar-refractivity contribution in [2.24, 2.45) is 0 Å². The fourth-order valence-corrected chi connectivity index (χ4v) is 2.52. The first-order valence-electron chi connectivity index (χ1n) is 7.69. The van der Waals surface area contributed by atoms with Gasteiger partial charge in [-0.2, -0.15) is 9.49 Å². The Bertz CT molecular complexity index is 1170. The van der Waals surface area contributed by atoms with Gasteiger partial charge in [-0.1, -0.05) is 11.2 Å². The number of hydrogen-bond acceptors (Lipinski definition) is 5. The summed E-state index contributed by atoms with van der Waals surface area (Å²) in [6, 6.07) is 6.32. The lowest BCUT2D eigenvalue weighted by Crippen LogP contribution is -2.12. The number of nitrogens with zero attached hydrogens (tertiary/aromatic N) is 4. The van der Waals surface area contributed by atoms with Crippen molar-refractivity contribution in [3.05, 3.63) is 76.2 Å². The van der Waals surface area contributed by atoms with Crippen molar-refractivity contribution in [1.82, 2.24) is 24.9 Å². The number of halogens is 3. The van der Waals surface area contributed by atoms with E-state index >= 15 is 0 Å². The molecule has 0 saturated heterocycles. The van der Waals surface area contributed by atoms with E-state index in [-0.39, 0.29) is 23.6 Å². The van der Waals surface area contributed by atoms with Crippen molar-refractivity contribution in [3.8, 4) is 22.9 Å². The minimum absolute atomic E-state index is 0.0319. The highest BCUT2D eigenvalue weighted by atomic mass is 19.1. The predicted molar refractivity (Wildman–Crippen MR) is 87.0 cm³/mol. The highest BCUT2D eigenvalue weighted by molar-refractivity contribution is 5.62. The van der Waals surface area contributed by atoms with Gasteiger partial charge in [0.25, 0.3) is 5.56 Å². The van der Waals surface area contributed by atoms with Crippen LogP contribution in [0.15, 0.2) is 52.1 Å². The van der Waals surface area contributed by atoms with Gasteiger partial charge in [0.1, 0.15) is 29.3 Å². The maximum atomic E-state index is 14.0. The number of hydrogen-bond donors (Lipinski definition) is 1. The van der Waals surface area contributed by atoms with Gasteiger partial charge in [-0.15, -0.1) is 0 Å². The summed E-state index contributed by atoms with van der Waals surface area (Å²) in [6.45, 7) is -0.0419. The summed E-state index contributed by atoms with van der Waals surface area (Å²) in [7, 11) is 0. The standard InChI is InChI=1S/C17H10F3N5O2/c18-10-2-1-9(11(19)5-10)8-25-15(13-3-4-27-24-13)6-14(23-25)16-21-7-12(20)17(26)22-16/h1-7H,8H2,(H,21,22,26). The molecule has 3 heterocycles. The van der Waals surface area contributed by atoms with Crippen LogP contribution in [0.4, 0.5) is 13.2 Å². The van der Waals surface area contributed by atoms with Crippen LogP contribution in [0.5, 0.6) is 0 Å². The summed E-state index contributed by atoms with van der Waals surface area (Å²) in [5.74, 6) is -2.42. The van der Waals surface area contributed by atoms with Gasteiger partial charge in [-0.25, -0.2) is 13.8 Å². The van der Waals surface area contributed by atoms with Crippen molar-refractivity contribution < 1.29 is 17.7 Å². The second-order valence-corrected chi connectivity index (χ2v) is 5.60. The quantitative estimate of drug-likeness (QED) is 0.594. The molecule has 0 unspecified atom stereocenters. The van der Waals surface area contributed by atoms with Crippen LogP contribution in [0.3, 0.4) is 0 Å². The van der Waals surface area contributed by atoms with Gasteiger partial charge in [0.15, 0.2) is 5.82 Å². The van der Waals surface area contributed by atoms with Crippen molar-refractivity contribution in [2.45, 2.75) is 6.54 Å². The normalized spacial score (nSPS) is 11.1. The summed E-state index contributed by atoms with van der Waals surface area (Å²) >= 11 is 0. The molecule has 0 spiro atoms. The van der Waals surface area contributed by atoms with Crippen LogP contribution in [0, 0.1) is 17.5 Å². The zero-order valence-electron chi connectivity index (χ0n) is 13.5. The third-order valence-corrected chi connectivity index (χ3v) is 3.81. The number of nitrogens with one attached hydrogen (secondary N) is 1. The topological polar surface area (TPSA) is 89.6 Å². The molecule has 1 aromatic carbocycles. The van der Waals surface area contributed by atoms with E-state index in [0.717, 1.165) is 18.3 Å². The highest BCUT2D eigenvalue weighted by Crippen LogP contribution is 2.24. The van der Waals surface area contributed by atoms with Gasteiger partial charge in [0.2, 0.25) is 5.82 Å². The molecule has 0 aliphatic heterocycles. The molecule has 0 saturated carbocycles. The number of aromatic amines is 1. The lowest BCUT2D eigenvalue weighted by atomic mass is 10.2. The van der Waals surface area contributed by atoms with Crippen molar-refractivity contribution in [2.75, 3.05) is 0 Å². The second kappa shape index (κ2) is 6.56. The lowest BCUT2D eigenvalue weighted by molar-refractivity contribution is 0.421. The van der Waals surface area contributed by atoms with Gasteiger partial charge in [0.05, 0.1) is 18.4 Å². The third kappa shape index (κ3) is 3.24. The molecule has 136 valence electrons. The van der Waals surface area contributed by atoms with Crippen LogP contribution in [-0.2, 0) is 6.54 Å². The molecule has 0 atom stereocenters. The Labute approximate surface area is 149 Å². The molecule has 4 rings (SSSR count). The lowest BCUT2D eigenvalue weighted by Gasteiger charge is -2.07. The predicted octanol–water partition coefficient (Wildman–Crippen LogP) is 2.75. The third-order valence-electron chi connectivity index (χ3n) is 3.81. The fraction of sp³-hybridized carbons (Fsp3) is 0.0588. The molecule has 0 aliphatic carbocycles. The smallest absolute Gasteiger partial charge is 0.287 e. The summed E-state index contributed by atoms with van der Waals surface area (Å²) in [6.07, 6.45) is 2.13. The Morgan fingerprint density at radius 2 is 1.93 bits per heavy atom. The Kier molecular flexibility index (Phi) is 4.07. The minimum Gasteiger partial charge on any atom is -0.364 e. The summed E-state index contributed by atoms with van der Waals surface area (Å²) in [5.41, 5.74) is 0.307. The zero-order valence-corrected chi connectivity index (χ0v) is 13.5. The van der Waals surface area contributed by atoms with E-state index in [4.69, 9.17) is 4.52 Å². The van der Waals surface area contributed by atoms with E-state index < -0.39 is 23.0 Å². The Morgan fingerprint density at radius 3 is 2.63 bits per heavy atom. The second-order valence-electron chi connectivity index (χ2n) is 5.60. The molecule has 1 N–H and O–H groups in total. The van der Waals surface area contributed by atoms with Crippen LogP contribution >= 0.6 is 0 Å². The van der Waals surface area contributed by atoms with Crippen molar-refractivity contribution in [1.29, 1.82) is 0 Å². The van der Waals surface area contributed by atoms with Gasteiger partial charge in [0, 0.05) is 17.7 Å². The zero-order chi connectivity index (χ0) is 19.0. The van der Waals surface area contributed by atoms with E-state index in [9.17, 15) is 18.0 Å². The molecule has 0 aliphatic rings. The maximum absolute atomic E-state index is 14.0. The largest absolute Gasteiger partial charge is 0.364 e. The molecule has 3 aromatic heterocycles. The van der Waals surface area contributed by atoms with Crippen LogP contribution in [0.2, 0.25) is 0 Å². The molecule has 0 radical (unpaired) electrons. The number of aromatic nitrogens is 5. The molecular formula is C17H10F3N5O2. The van der Waals surface area contributed by atoms with Gasteiger partial charge in [-0.05, 0) is 12.1 Å². The molecular weight excluding hydrogens is 363 g/mol. The summed E-state index contributed by atoms with van der Waals surface area (Å²) in [5, 5.41) is 8.11. The summed E-state index contributed by atoms with van der Waals surface area (Å²) < 4.78 is 46.5. The average Bonchev–Trinajstić information content (AvgIpc) is 3.29. The minimum atomic E-state index is -1.02. The summed E-state index contributed by atoms with van der Waals surface area (Å²) in [4.78, 5) is 17.6. The van der Waals surface area contributed by atoms with E-state index in [0.29, 0.717) is 11.4 Å². The molecule has 7 nitrogen and oxygen atoms in total. The molecule has 10 heteroatoms. The Balaban J connectivity index is 1.80. The maximum Gasteiger partial charge on any atom is 0.287 e. The monoisotopic (exact) mass is 373 g/mol. The van der Waals surface area contributed by atoms with Gasteiger partial charge >= 0.3 is 0 Å². The van der Waals surface area contributed by atoms with Crippen molar-refractivity contribution >= 4 is 0 Å². The van der Waals surface area contributed by atoms with Gasteiger partial charge < -0.3 is 9.51 Å². The Morgan fingerprint density at radius 1 is 1.07 bits per heavy atom. The molecule has 0 fully saturated rings. The van der Waals surface area contributed by atoms with Gasteiger partial charge in [-0.3, -0.25) is 9.48 Å². The fourth-order valence-electron chi connectivity index (χ4n) is 2.52. The average molecular weight is 373 g/mol. The van der Waals surface area contributed by atoms with E-state index in [1.807, 2.05) is 0 Å².